The molecule has 0 aliphatic carbocycles. The molecule has 3 rings (SSSR count). The molecule has 0 bridgehead atoms. The van der Waals surface area contributed by atoms with Crippen LogP contribution in [0.15, 0.2) is 54.6 Å². The predicted molar refractivity (Wildman–Crippen MR) is 102 cm³/mol. The highest BCUT2D eigenvalue weighted by Crippen LogP contribution is 2.38. The van der Waals surface area contributed by atoms with Crippen LogP contribution in [0.3, 0.4) is 0 Å². The number of ether oxygens (including phenoxy) is 2. The fraction of sp³-hybridized carbons (Fsp3) is 0.105. The summed E-state index contributed by atoms with van der Waals surface area (Å²) in [4.78, 5) is 25.3. The summed E-state index contributed by atoms with van der Waals surface area (Å²) >= 11 is 0. The number of rotatable bonds is 6. The van der Waals surface area contributed by atoms with Gasteiger partial charge in [0, 0.05) is 35.4 Å². The van der Waals surface area contributed by atoms with Crippen molar-refractivity contribution in [3.63, 3.8) is 0 Å². The number of pyridine rings is 1. The maximum Gasteiger partial charge on any atom is 0.269 e. The molecule has 0 radical (unpaired) electrons. The number of nitro benzene ring substituents is 2. The number of methoxy groups -OCH3 is 2. The Balaban J connectivity index is 2.19. The first kappa shape index (κ1) is 18.8. The van der Waals surface area contributed by atoms with E-state index in [-0.39, 0.29) is 17.3 Å². The summed E-state index contributed by atoms with van der Waals surface area (Å²) in [5, 5.41) is 21.8. The van der Waals surface area contributed by atoms with Gasteiger partial charge in [0.1, 0.15) is 0 Å². The van der Waals surface area contributed by atoms with Gasteiger partial charge < -0.3 is 9.47 Å². The molecule has 1 aromatic heterocycles. The minimum absolute atomic E-state index is 0.0333. The van der Waals surface area contributed by atoms with Crippen molar-refractivity contribution in [1.82, 2.24) is 4.98 Å². The highest BCUT2D eigenvalue weighted by molar-refractivity contribution is 5.83. The third-order valence-corrected chi connectivity index (χ3v) is 4.11. The van der Waals surface area contributed by atoms with Crippen molar-refractivity contribution in [2.24, 2.45) is 0 Å². The minimum Gasteiger partial charge on any atom is -0.491 e. The van der Waals surface area contributed by atoms with Crippen molar-refractivity contribution in [3.8, 4) is 34.0 Å². The number of hydrogen-bond donors (Lipinski definition) is 0. The molecule has 9 heteroatoms. The maximum atomic E-state index is 10.9. The lowest BCUT2D eigenvalue weighted by Gasteiger charge is -2.14. The molecule has 0 saturated heterocycles. The zero-order valence-corrected chi connectivity index (χ0v) is 15.0. The average Bonchev–Trinajstić information content (AvgIpc) is 2.72. The molecule has 0 aliphatic heterocycles. The van der Waals surface area contributed by atoms with Crippen LogP contribution in [-0.4, -0.2) is 29.1 Å². The van der Waals surface area contributed by atoms with Crippen LogP contribution >= 0.6 is 0 Å². The molecule has 142 valence electrons. The number of benzene rings is 2. The monoisotopic (exact) mass is 381 g/mol. The van der Waals surface area contributed by atoms with Gasteiger partial charge in [0.25, 0.3) is 17.3 Å². The molecule has 0 N–H and O–H groups in total. The van der Waals surface area contributed by atoms with Gasteiger partial charge in [-0.05, 0) is 35.9 Å². The van der Waals surface area contributed by atoms with Crippen molar-refractivity contribution < 1.29 is 19.3 Å². The molecular formula is C19H15N3O6. The van der Waals surface area contributed by atoms with Crippen molar-refractivity contribution in [2.45, 2.75) is 0 Å². The van der Waals surface area contributed by atoms with Gasteiger partial charge in [-0.1, -0.05) is 0 Å². The van der Waals surface area contributed by atoms with Crippen molar-refractivity contribution >= 4 is 11.4 Å². The van der Waals surface area contributed by atoms with E-state index in [1.807, 2.05) is 0 Å². The van der Waals surface area contributed by atoms with Crippen molar-refractivity contribution in [2.75, 3.05) is 14.2 Å². The standard InChI is InChI=1S/C19H15N3O6/c1-27-17-11-16(12-3-7-14(8-4-12)21(23)24)18(20-19(17)28-2)13-5-9-15(10-6-13)22(25)26/h3-11H,1-2H3. The lowest BCUT2D eigenvalue weighted by atomic mass is 9.98. The Morgan fingerprint density at radius 3 is 1.71 bits per heavy atom. The molecule has 0 aliphatic rings. The third-order valence-electron chi connectivity index (χ3n) is 4.11. The smallest absolute Gasteiger partial charge is 0.269 e. The van der Waals surface area contributed by atoms with Crippen LogP contribution in [0, 0.1) is 20.2 Å². The summed E-state index contributed by atoms with van der Waals surface area (Å²) in [7, 11) is 2.93. The Labute approximate surface area is 159 Å². The van der Waals surface area contributed by atoms with E-state index in [1.54, 1.807) is 30.3 Å². The second-order valence-electron chi connectivity index (χ2n) is 5.70. The number of nitro groups is 2. The summed E-state index contributed by atoms with van der Waals surface area (Å²) in [5.74, 6) is 0.642. The molecule has 0 fully saturated rings. The van der Waals surface area contributed by atoms with E-state index in [0.717, 1.165) is 0 Å². The quantitative estimate of drug-likeness (QED) is 0.462. The first-order valence-electron chi connectivity index (χ1n) is 8.07. The van der Waals surface area contributed by atoms with Crippen LogP contribution < -0.4 is 9.47 Å². The van der Waals surface area contributed by atoms with Gasteiger partial charge in [-0.2, -0.15) is 0 Å². The fourth-order valence-electron chi connectivity index (χ4n) is 2.71. The van der Waals surface area contributed by atoms with E-state index in [4.69, 9.17) is 9.47 Å². The molecule has 9 nitrogen and oxygen atoms in total. The highest BCUT2D eigenvalue weighted by Gasteiger charge is 2.18. The van der Waals surface area contributed by atoms with Crippen LogP contribution in [0.2, 0.25) is 0 Å². The number of non-ortho nitro benzene ring substituents is 2. The molecule has 0 unspecified atom stereocenters. The van der Waals surface area contributed by atoms with Gasteiger partial charge in [-0.3, -0.25) is 20.2 Å². The maximum absolute atomic E-state index is 10.9. The second-order valence-corrected chi connectivity index (χ2v) is 5.70. The van der Waals surface area contributed by atoms with Crippen LogP contribution in [0.25, 0.3) is 22.4 Å². The Hall–Kier alpha value is -4.01. The lowest BCUT2D eigenvalue weighted by molar-refractivity contribution is -0.385. The summed E-state index contributed by atoms with van der Waals surface area (Å²) < 4.78 is 10.6. The van der Waals surface area contributed by atoms with E-state index >= 15 is 0 Å². The molecule has 0 atom stereocenters. The predicted octanol–water partition coefficient (Wildman–Crippen LogP) is 4.25. The zero-order chi connectivity index (χ0) is 20.3. The first-order valence-corrected chi connectivity index (χ1v) is 8.07. The Morgan fingerprint density at radius 1 is 0.786 bits per heavy atom. The first-order chi connectivity index (χ1) is 13.4. The van der Waals surface area contributed by atoms with E-state index in [1.165, 1.54) is 38.5 Å². The van der Waals surface area contributed by atoms with E-state index < -0.39 is 9.85 Å². The van der Waals surface area contributed by atoms with E-state index in [0.29, 0.717) is 28.1 Å². The molecule has 3 aromatic rings. The van der Waals surface area contributed by atoms with Crippen LogP contribution in [0.5, 0.6) is 11.6 Å². The molecule has 0 spiro atoms. The molecule has 2 aromatic carbocycles. The molecular weight excluding hydrogens is 366 g/mol. The SMILES string of the molecule is COc1cc(-c2ccc([N+](=O)[O-])cc2)c(-c2ccc([N+](=O)[O-])cc2)nc1OC. The number of aromatic nitrogens is 1. The van der Waals surface area contributed by atoms with Gasteiger partial charge in [0.2, 0.25) is 0 Å². The Morgan fingerprint density at radius 2 is 1.29 bits per heavy atom. The van der Waals surface area contributed by atoms with E-state index in [2.05, 4.69) is 4.98 Å². The van der Waals surface area contributed by atoms with Crippen LogP contribution in [0.1, 0.15) is 0 Å². The molecule has 0 saturated carbocycles. The number of hydrogen-bond acceptors (Lipinski definition) is 7. The summed E-state index contributed by atoms with van der Waals surface area (Å²) in [6, 6.07) is 13.6. The van der Waals surface area contributed by atoms with E-state index in [9.17, 15) is 20.2 Å². The van der Waals surface area contributed by atoms with Crippen LogP contribution in [0.4, 0.5) is 11.4 Å². The van der Waals surface area contributed by atoms with Crippen molar-refractivity contribution in [3.05, 3.63) is 74.8 Å². The summed E-state index contributed by atoms with van der Waals surface area (Å²) in [5.41, 5.74) is 2.37. The average molecular weight is 381 g/mol. The largest absolute Gasteiger partial charge is 0.491 e. The molecule has 0 amide bonds. The van der Waals surface area contributed by atoms with Gasteiger partial charge in [-0.15, -0.1) is 0 Å². The van der Waals surface area contributed by atoms with Crippen LogP contribution in [-0.2, 0) is 0 Å². The van der Waals surface area contributed by atoms with Gasteiger partial charge >= 0.3 is 0 Å². The zero-order valence-electron chi connectivity index (χ0n) is 15.0. The highest BCUT2D eigenvalue weighted by atomic mass is 16.6. The summed E-state index contributed by atoms with van der Waals surface area (Å²) in [6.45, 7) is 0. The Bertz CT molecular complexity index is 948. The second kappa shape index (κ2) is 7.70. The third kappa shape index (κ3) is 3.58. The minimum atomic E-state index is -0.483. The topological polar surface area (TPSA) is 118 Å². The van der Waals surface area contributed by atoms with Gasteiger partial charge in [0.15, 0.2) is 5.75 Å². The normalized spacial score (nSPS) is 10.4. The lowest BCUT2D eigenvalue weighted by Crippen LogP contribution is -1.98. The van der Waals surface area contributed by atoms with Gasteiger partial charge in [-0.25, -0.2) is 4.98 Å². The van der Waals surface area contributed by atoms with Crippen molar-refractivity contribution in [1.29, 1.82) is 0 Å². The number of nitrogens with zero attached hydrogens (tertiary/aromatic N) is 3. The van der Waals surface area contributed by atoms with Gasteiger partial charge in [0.05, 0.1) is 29.8 Å². The fourth-order valence-corrected chi connectivity index (χ4v) is 2.71. The molecule has 28 heavy (non-hydrogen) atoms. The summed E-state index contributed by atoms with van der Waals surface area (Å²) in [6.07, 6.45) is 0. The Kier molecular flexibility index (Phi) is 5.16. The molecule has 1 heterocycles.